The Hall–Kier alpha value is -4.57. The molecule has 0 bridgehead atoms. The van der Waals surface area contributed by atoms with E-state index in [4.69, 9.17) is 9.15 Å². The molecule has 0 aliphatic carbocycles. The van der Waals surface area contributed by atoms with Crippen molar-refractivity contribution in [1.82, 2.24) is 25.2 Å². The van der Waals surface area contributed by atoms with Gasteiger partial charge in [0.25, 0.3) is 5.91 Å². The fraction of sp³-hybridized carbons (Fsp3) is 0.0417. The molecule has 0 spiro atoms. The van der Waals surface area contributed by atoms with Crippen LogP contribution in [-0.4, -0.2) is 38.2 Å². The molecule has 5 rings (SSSR count). The van der Waals surface area contributed by atoms with Crippen LogP contribution in [0.4, 0.5) is 5.13 Å². The van der Waals surface area contributed by atoms with E-state index in [-0.39, 0.29) is 5.70 Å². The largest absolute Gasteiger partial charge is 0.496 e. The van der Waals surface area contributed by atoms with Crippen molar-refractivity contribution in [3.8, 4) is 28.4 Å². The van der Waals surface area contributed by atoms with E-state index < -0.39 is 5.91 Å². The number of tetrazole rings is 1. The minimum Gasteiger partial charge on any atom is -0.496 e. The second-order valence-electron chi connectivity index (χ2n) is 7.02. The van der Waals surface area contributed by atoms with E-state index in [0.717, 1.165) is 11.1 Å². The third kappa shape index (κ3) is 4.34. The van der Waals surface area contributed by atoms with Crippen LogP contribution >= 0.6 is 11.3 Å². The average Bonchev–Trinajstić information content (AvgIpc) is 3.65. The van der Waals surface area contributed by atoms with Gasteiger partial charge in [0, 0.05) is 22.6 Å². The first-order valence-corrected chi connectivity index (χ1v) is 11.1. The van der Waals surface area contributed by atoms with Crippen molar-refractivity contribution in [2.75, 3.05) is 12.4 Å². The number of amides is 1. The monoisotopic (exact) mass is 470 g/mol. The summed E-state index contributed by atoms with van der Waals surface area (Å²) in [7, 11) is 1.61. The quantitative estimate of drug-likeness (QED) is 0.343. The first-order valence-electron chi connectivity index (χ1n) is 10.2. The van der Waals surface area contributed by atoms with Crippen molar-refractivity contribution in [2.45, 2.75) is 0 Å². The van der Waals surface area contributed by atoms with E-state index in [0.29, 0.717) is 28.2 Å². The van der Waals surface area contributed by atoms with Crippen molar-refractivity contribution >= 4 is 34.1 Å². The normalized spacial score (nSPS) is 11.4. The van der Waals surface area contributed by atoms with Gasteiger partial charge in [0.1, 0.15) is 17.2 Å². The number of benzene rings is 2. The predicted octanol–water partition coefficient (Wildman–Crippen LogP) is 4.70. The van der Waals surface area contributed by atoms with Gasteiger partial charge in [0.2, 0.25) is 0 Å². The van der Waals surface area contributed by atoms with Crippen LogP contribution in [-0.2, 0) is 4.79 Å². The van der Waals surface area contributed by atoms with Crippen LogP contribution in [0, 0.1) is 0 Å². The molecule has 3 heterocycles. The second-order valence-corrected chi connectivity index (χ2v) is 7.88. The van der Waals surface area contributed by atoms with Gasteiger partial charge in [-0.25, -0.2) is 4.98 Å². The van der Waals surface area contributed by atoms with Gasteiger partial charge in [-0.2, -0.15) is 4.68 Å². The SMILES string of the molecule is COc1ccccc1-c1csc(NC(=O)/C(=C/c2ccco2)n2nnnc2-c2ccccc2)n1. The topological polar surface area (TPSA) is 108 Å². The summed E-state index contributed by atoms with van der Waals surface area (Å²) >= 11 is 1.30. The average molecular weight is 471 g/mol. The highest BCUT2D eigenvalue weighted by Gasteiger charge is 2.21. The Kier molecular flexibility index (Phi) is 5.95. The van der Waals surface area contributed by atoms with Gasteiger partial charge >= 0.3 is 0 Å². The van der Waals surface area contributed by atoms with Crippen molar-refractivity contribution in [1.29, 1.82) is 0 Å². The number of nitrogens with one attached hydrogen (secondary N) is 1. The molecule has 0 aliphatic rings. The van der Waals surface area contributed by atoms with Crippen molar-refractivity contribution in [2.24, 2.45) is 0 Å². The standard InChI is InChI=1S/C24H18N6O3S/c1-32-21-12-6-5-11-18(21)19-15-34-24(25-19)26-23(31)20(14-17-10-7-13-33-17)30-22(27-28-29-30)16-8-3-2-4-9-16/h2-15H,1H3,(H,25,26,31)/b20-14-. The van der Waals surface area contributed by atoms with Gasteiger partial charge in [0.15, 0.2) is 11.0 Å². The lowest BCUT2D eigenvalue weighted by Gasteiger charge is -2.09. The summed E-state index contributed by atoms with van der Waals surface area (Å²) in [6.45, 7) is 0. The molecule has 0 saturated carbocycles. The van der Waals surface area contributed by atoms with Gasteiger partial charge < -0.3 is 9.15 Å². The van der Waals surface area contributed by atoms with E-state index in [1.165, 1.54) is 22.3 Å². The smallest absolute Gasteiger partial charge is 0.276 e. The number of hydrogen-bond acceptors (Lipinski definition) is 8. The molecule has 0 radical (unpaired) electrons. The van der Waals surface area contributed by atoms with E-state index in [2.05, 4.69) is 25.8 Å². The highest BCUT2D eigenvalue weighted by molar-refractivity contribution is 7.14. The van der Waals surface area contributed by atoms with Gasteiger partial charge in [0.05, 0.1) is 19.1 Å². The number of carbonyl (C=O) groups excluding carboxylic acids is 1. The number of carbonyl (C=O) groups is 1. The summed E-state index contributed by atoms with van der Waals surface area (Å²) in [6, 6.07) is 20.4. The van der Waals surface area contributed by atoms with Gasteiger partial charge in [-0.05, 0) is 34.7 Å². The summed E-state index contributed by atoms with van der Waals surface area (Å²) in [6.07, 6.45) is 3.10. The molecule has 0 fully saturated rings. The minimum absolute atomic E-state index is 0.174. The first kappa shape index (κ1) is 21.3. The Labute approximate surface area is 198 Å². The van der Waals surface area contributed by atoms with Crippen LogP contribution in [0.25, 0.3) is 34.4 Å². The van der Waals surface area contributed by atoms with Crippen LogP contribution < -0.4 is 10.1 Å². The highest BCUT2D eigenvalue weighted by Crippen LogP contribution is 2.32. The summed E-state index contributed by atoms with van der Waals surface area (Å²) in [5.41, 5.74) is 2.47. The number of furan rings is 1. The van der Waals surface area contributed by atoms with E-state index in [1.807, 2.05) is 60.0 Å². The summed E-state index contributed by atoms with van der Waals surface area (Å²) in [5, 5.41) is 17.1. The number of para-hydroxylation sites is 1. The third-order valence-electron chi connectivity index (χ3n) is 4.89. The molecule has 10 heteroatoms. The fourth-order valence-corrected chi connectivity index (χ4v) is 4.03. The summed E-state index contributed by atoms with van der Waals surface area (Å²) in [5.74, 6) is 1.16. The Morgan fingerprint density at radius 3 is 2.71 bits per heavy atom. The van der Waals surface area contributed by atoms with Crippen LogP contribution in [0.1, 0.15) is 5.76 Å². The highest BCUT2D eigenvalue weighted by atomic mass is 32.1. The Balaban J connectivity index is 1.48. The van der Waals surface area contributed by atoms with E-state index in [1.54, 1.807) is 25.3 Å². The molecule has 0 saturated heterocycles. The minimum atomic E-state index is -0.443. The molecular formula is C24H18N6O3S. The maximum Gasteiger partial charge on any atom is 0.276 e. The van der Waals surface area contributed by atoms with Crippen molar-refractivity contribution in [3.05, 3.63) is 84.1 Å². The zero-order valence-electron chi connectivity index (χ0n) is 18.0. The second kappa shape index (κ2) is 9.51. The zero-order chi connectivity index (χ0) is 23.3. The molecule has 0 aliphatic heterocycles. The zero-order valence-corrected chi connectivity index (χ0v) is 18.8. The summed E-state index contributed by atoms with van der Waals surface area (Å²) in [4.78, 5) is 18.0. The molecule has 34 heavy (non-hydrogen) atoms. The van der Waals surface area contributed by atoms with E-state index >= 15 is 0 Å². The van der Waals surface area contributed by atoms with Gasteiger partial charge in [-0.3, -0.25) is 10.1 Å². The van der Waals surface area contributed by atoms with Crippen LogP contribution in [0.15, 0.2) is 82.8 Å². The number of thiazole rings is 1. The van der Waals surface area contributed by atoms with E-state index in [9.17, 15) is 4.79 Å². The molecule has 0 unspecified atom stereocenters. The number of nitrogens with zero attached hydrogens (tertiary/aromatic N) is 5. The molecule has 0 atom stereocenters. The molecule has 168 valence electrons. The van der Waals surface area contributed by atoms with Crippen LogP contribution in [0.3, 0.4) is 0 Å². The number of methoxy groups -OCH3 is 1. The third-order valence-corrected chi connectivity index (χ3v) is 5.65. The first-order chi connectivity index (χ1) is 16.7. The lowest BCUT2D eigenvalue weighted by Crippen LogP contribution is -2.19. The predicted molar refractivity (Wildman–Crippen MR) is 129 cm³/mol. The van der Waals surface area contributed by atoms with Crippen molar-refractivity contribution < 1.29 is 13.9 Å². The number of rotatable bonds is 7. The molecule has 9 nitrogen and oxygen atoms in total. The maximum atomic E-state index is 13.4. The lowest BCUT2D eigenvalue weighted by molar-refractivity contribution is -0.111. The number of ether oxygens (including phenoxy) is 1. The number of aromatic nitrogens is 5. The van der Waals surface area contributed by atoms with Gasteiger partial charge in [-0.15, -0.1) is 16.4 Å². The van der Waals surface area contributed by atoms with Crippen LogP contribution in [0.5, 0.6) is 5.75 Å². The maximum absolute atomic E-state index is 13.4. The van der Waals surface area contributed by atoms with Crippen LogP contribution in [0.2, 0.25) is 0 Å². The Morgan fingerprint density at radius 1 is 1.09 bits per heavy atom. The number of hydrogen-bond donors (Lipinski definition) is 1. The summed E-state index contributed by atoms with van der Waals surface area (Å²) < 4.78 is 12.2. The number of anilines is 1. The fourth-order valence-electron chi connectivity index (χ4n) is 3.32. The Bertz CT molecular complexity index is 1440. The molecule has 1 amide bonds. The molecule has 2 aromatic carbocycles. The molecule has 5 aromatic rings. The molecule has 1 N–H and O–H groups in total. The lowest BCUT2D eigenvalue weighted by atomic mass is 10.1. The molecular weight excluding hydrogens is 452 g/mol. The van der Waals surface area contributed by atoms with Gasteiger partial charge in [-0.1, -0.05) is 42.5 Å². The Morgan fingerprint density at radius 2 is 1.91 bits per heavy atom. The van der Waals surface area contributed by atoms with Crippen molar-refractivity contribution in [3.63, 3.8) is 0 Å². The molecule has 3 aromatic heterocycles.